The molecule has 0 aliphatic carbocycles. The van der Waals surface area contributed by atoms with Gasteiger partial charge in [0.05, 0.1) is 53.8 Å². The molecule has 0 radical (unpaired) electrons. The number of morpholine rings is 1. The lowest BCUT2D eigenvalue weighted by Gasteiger charge is -2.39. The number of carbonyl (C=O) groups is 2. The largest absolute Gasteiger partial charge is 0.443 e. The minimum Gasteiger partial charge on any atom is -0.443 e. The molecule has 0 spiro atoms. The number of anilines is 3. The van der Waals surface area contributed by atoms with Gasteiger partial charge in [-0.3, -0.25) is 14.8 Å². The zero-order valence-electron chi connectivity index (χ0n) is 23.3. The second-order valence-corrected chi connectivity index (χ2v) is 11.5. The van der Waals surface area contributed by atoms with Crippen molar-refractivity contribution in [2.24, 2.45) is 0 Å². The quantitative estimate of drug-likeness (QED) is 0.481. The molecule has 1 fully saturated rings. The number of ether oxygens (including phenoxy) is 2. The van der Waals surface area contributed by atoms with Crippen LogP contribution in [0.4, 0.5) is 22.0 Å². The SMILES string of the molecule is CC(C)(C)OC(=O)N1Cc2c(-c3ccncc3)ncc(Nc3ccc(N4CCOC(C(C)(C)O)C4)cn3)c2C1=O. The normalized spacial score (nSPS) is 17.6. The van der Waals surface area contributed by atoms with E-state index in [1.54, 1.807) is 59.4 Å². The van der Waals surface area contributed by atoms with Crippen molar-refractivity contribution in [2.45, 2.75) is 58.5 Å². The highest BCUT2D eigenvalue weighted by molar-refractivity contribution is 6.11. The van der Waals surface area contributed by atoms with Crippen LogP contribution < -0.4 is 10.2 Å². The first-order valence-corrected chi connectivity index (χ1v) is 13.2. The number of rotatable bonds is 5. The Hall–Kier alpha value is -4.09. The minimum atomic E-state index is -0.955. The van der Waals surface area contributed by atoms with Crippen molar-refractivity contribution < 1.29 is 24.2 Å². The van der Waals surface area contributed by atoms with Crippen LogP contribution in [0, 0.1) is 0 Å². The molecule has 11 heteroatoms. The second-order valence-electron chi connectivity index (χ2n) is 11.5. The molecule has 5 rings (SSSR count). The van der Waals surface area contributed by atoms with Crippen LogP contribution in [0.3, 0.4) is 0 Å². The maximum atomic E-state index is 13.6. The highest BCUT2D eigenvalue weighted by Crippen LogP contribution is 2.37. The molecule has 0 saturated carbocycles. The Morgan fingerprint density at radius 3 is 2.50 bits per heavy atom. The molecule has 1 atom stereocenters. The van der Waals surface area contributed by atoms with E-state index in [4.69, 9.17) is 9.47 Å². The molecule has 0 aromatic carbocycles. The molecule has 0 bridgehead atoms. The number of imide groups is 1. The van der Waals surface area contributed by atoms with E-state index in [9.17, 15) is 14.7 Å². The lowest BCUT2D eigenvalue weighted by atomic mass is 10.00. The van der Waals surface area contributed by atoms with E-state index in [-0.39, 0.29) is 12.6 Å². The van der Waals surface area contributed by atoms with Gasteiger partial charge in [-0.25, -0.2) is 14.7 Å². The van der Waals surface area contributed by atoms with E-state index in [2.05, 4.69) is 25.2 Å². The Labute approximate surface area is 233 Å². The Morgan fingerprint density at radius 2 is 1.85 bits per heavy atom. The summed E-state index contributed by atoms with van der Waals surface area (Å²) >= 11 is 0. The predicted octanol–water partition coefficient (Wildman–Crippen LogP) is 4.15. The van der Waals surface area contributed by atoms with Crippen molar-refractivity contribution in [3.63, 3.8) is 0 Å². The predicted molar refractivity (Wildman–Crippen MR) is 149 cm³/mol. The van der Waals surface area contributed by atoms with E-state index in [1.807, 2.05) is 24.3 Å². The topological polar surface area (TPSA) is 130 Å². The van der Waals surface area contributed by atoms with Gasteiger partial charge >= 0.3 is 6.09 Å². The van der Waals surface area contributed by atoms with Gasteiger partial charge in [-0.2, -0.15) is 0 Å². The summed E-state index contributed by atoms with van der Waals surface area (Å²) in [6.07, 6.45) is 5.60. The summed E-state index contributed by atoms with van der Waals surface area (Å²) < 4.78 is 11.2. The van der Waals surface area contributed by atoms with Crippen LogP contribution in [0.5, 0.6) is 0 Å². The number of aliphatic hydroxyl groups is 1. The number of pyridine rings is 3. The van der Waals surface area contributed by atoms with E-state index in [0.29, 0.717) is 48.0 Å². The summed E-state index contributed by atoms with van der Waals surface area (Å²) in [4.78, 5) is 43.0. The van der Waals surface area contributed by atoms with Gasteiger partial charge in [-0.1, -0.05) is 0 Å². The monoisotopic (exact) mass is 546 g/mol. The minimum absolute atomic E-state index is 0.0367. The number of hydrogen-bond donors (Lipinski definition) is 2. The molecule has 1 unspecified atom stereocenters. The summed E-state index contributed by atoms with van der Waals surface area (Å²) in [7, 11) is 0. The zero-order valence-corrected chi connectivity index (χ0v) is 23.3. The molecule has 2 amide bonds. The van der Waals surface area contributed by atoms with E-state index < -0.39 is 23.2 Å². The third-order valence-corrected chi connectivity index (χ3v) is 6.75. The fraction of sp³-hybridized carbons (Fsp3) is 0.414. The number of carbonyl (C=O) groups excluding carboxylic acids is 2. The third-order valence-electron chi connectivity index (χ3n) is 6.75. The molecular formula is C29H34N6O5. The van der Waals surface area contributed by atoms with E-state index in [0.717, 1.165) is 16.2 Å². The smallest absolute Gasteiger partial charge is 0.417 e. The number of amides is 2. The van der Waals surface area contributed by atoms with Crippen LogP contribution in [0.2, 0.25) is 0 Å². The number of nitrogens with one attached hydrogen (secondary N) is 1. The number of nitrogens with zero attached hydrogens (tertiary/aromatic N) is 5. The molecule has 1 saturated heterocycles. The zero-order chi connectivity index (χ0) is 28.7. The van der Waals surface area contributed by atoms with Gasteiger partial charge < -0.3 is 24.8 Å². The molecule has 2 N–H and O–H groups in total. The van der Waals surface area contributed by atoms with Gasteiger partial charge in [0.15, 0.2) is 0 Å². The Kier molecular flexibility index (Phi) is 7.19. The summed E-state index contributed by atoms with van der Waals surface area (Å²) in [5.74, 6) is 0.0484. The number of fused-ring (bicyclic) bond motifs is 1. The number of aromatic nitrogens is 3. The van der Waals surface area contributed by atoms with E-state index in [1.165, 1.54) is 0 Å². The average Bonchev–Trinajstić information content (AvgIpc) is 3.26. The van der Waals surface area contributed by atoms with Crippen molar-refractivity contribution in [3.8, 4) is 11.3 Å². The molecule has 210 valence electrons. The third kappa shape index (κ3) is 5.75. The van der Waals surface area contributed by atoms with Gasteiger partial charge in [0.2, 0.25) is 0 Å². The van der Waals surface area contributed by atoms with Crippen molar-refractivity contribution >= 4 is 29.2 Å². The lowest BCUT2D eigenvalue weighted by Crippen LogP contribution is -2.52. The Morgan fingerprint density at radius 1 is 1.10 bits per heavy atom. The highest BCUT2D eigenvalue weighted by atomic mass is 16.6. The molecule has 3 aromatic heterocycles. The summed E-state index contributed by atoms with van der Waals surface area (Å²) in [6, 6.07) is 7.36. The van der Waals surface area contributed by atoms with Crippen LogP contribution >= 0.6 is 0 Å². The van der Waals surface area contributed by atoms with Crippen molar-refractivity contribution in [3.05, 3.63) is 60.2 Å². The van der Waals surface area contributed by atoms with Crippen molar-refractivity contribution in [2.75, 3.05) is 29.9 Å². The molecule has 3 aromatic rings. The Bertz CT molecular complexity index is 1400. The summed E-state index contributed by atoms with van der Waals surface area (Å²) in [6.45, 7) is 10.5. The Balaban J connectivity index is 1.42. The van der Waals surface area contributed by atoms with Gasteiger partial charge in [0.1, 0.15) is 17.5 Å². The van der Waals surface area contributed by atoms with Crippen LogP contribution in [-0.2, 0) is 16.0 Å². The van der Waals surface area contributed by atoms with Crippen LogP contribution in [0.25, 0.3) is 11.3 Å². The van der Waals surface area contributed by atoms with Crippen LogP contribution in [-0.4, -0.2) is 74.0 Å². The first-order chi connectivity index (χ1) is 18.9. The maximum Gasteiger partial charge on any atom is 0.417 e. The number of hydrogen-bond acceptors (Lipinski definition) is 10. The van der Waals surface area contributed by atoms with Gasteiger partial charge in [-0.15, -0.1) is 0 Å². The van der Waals surface area contributed by atoms with Crippen LogP contribution in [0.15, 0.2) is 49.1 Å². The van der Waals surface area contributed by atoms with E-state index >= 15 is 0 Å². The highest BCUT2D eigenvalue weighted by Gasteiger charge is 2.39. The second kappa shape index (κ2) is 10.5. The van der Waals surface area contributed by atoms with Gasteiger partial charge in [0, 0.05) is 36.6 Å². The molecular weight excluding hydrogens is 512 g/mol. The first kappa shape index (κ1) is 27.5. The molecule has 5 heterocycles. The lowest BCUT2D eigenvalue weighted by molar-refractivity contribution is -0.0928. The fourth-order valence-corrected chi connectivity index (χ4v) is 4.73. The summed E-state index contributed by atoms with van der Waals surface area (Å²) in [5, 5.41) is 13.6. The fourth-order valence-electron chi connectivity index (χ4n) is 4.73. The van der Waals surface area contributed by atoms with Gasteiger partial charge in [-0.05, 0) is 58.9 Å². The molecule has 2 aliphatic heterocycles. The standard InChI is InChI=1S/C29H34N6O5/c1-28(2,3)40-27(37)35-16-20-24(26(35)36)21(15-32-25(20)18-8-10-30-11-9-18)33-23-7-6-19(14-31-23)34-12-13-39-22(17-34)29(4,5)38/h6-11,14-15,22,38H,12-13,16-17H2,1-5H3,(H,31,33). The first-order valence-electron chi connectivity index (χ1n) is 13.2. The van der Waals surface area contributed by atoms with Crippen LogP contribution in [0.1, 0.15) is 50.5 Å². The molecule has 11 nitrogen and oxygen atoms in total. The maximum absolute atomic E-state index is 13.6. The average molecular weight is 547 g/mol. The molecule has 40 heavy (non-hydrogen) atoms. The summed E-state index contributed by atoms with van der Waals surface area (Å²) in [5.41, 5.74) is 1.98. The van der Waals surface area contributed by atoms with Gasteiger partial charge in [0.25, 0.3) is 5.91 Å². The van der Waals surface area contributed by atoms with Crippen molar-refractivity contribution in [1.82, 2.24) is 19.9 Å². The van der Waals surface area contributed by atoms with Crippen molar-refractivity contribution in [1.29, 1.82) is 0 Å². The molecule has 2 aliphatic rings.